The van der Waals surface area contributed by atoms with Crippen molar-refractivity contribution in [3.05, 3.63) is 27.9 Å². The molecule has 0 radical (unpaired) electrons. The fraction of sp³-hybridized carbons (Fsp3) is 0.455. The molecule has 96 valence electrons. The van der Waals surface area contributed by atoms with Crippen molar-refractivity contribution < 1.29 is 4.92 Å². The van der Waals surface area contributed by atoms with E-state index in [2.05, 4.69) is 15.6 Å². The minimum absolute atomic E-state index is 0.169. The number of nitrogens with zero attached hydrogens (tertiary/aromatic N) is 3. The van der Waals surface area contributed by atoms with Gasteiger partial charge in [-0.3, -0.25) is 10.1 Å². The third-order valence-electron chi connectivity index (χ3n) is 2.27. The van der Waals surface area contributed by atoms with Crippen molar-refractivity contribution in [3.63, 3.8) is 0 Å². The van der Waals surface area contributed by atoms with Crippen LogP contribution in [0.3, 0.4) is 0 Å². The van der Waals surface area contributed by atoms with Crippen molar-refractivity contribution in [2.45, 2.75) is 13.3 Å². The Morgan fingerprint density at radius 1 is 1.56 bits per heavy atom. The van der Waals surface area contributed by atoms with Crippen LogP contribution in [0.2, 0.25) is 0 Å². The largest absolute Gasteiger partial charge is 0.364 e. The molecular weight excluding hydrogens is 234 g/mol. The molecule has 18 heavy (non-hydrogen) atoms. The molecule has 7 nitrogen and oxygen atoms in total. The summed E-state index contributed by atoms with van der Waals surface area (Å²) in [6.45, 7) is 4.34. The van der Waals surface area contributed by atoms with E-state index in [0.29, 0.717) is 6.54 Å². The van der Waals surface area contributed by atoms with E-state index in [0.717, 1.165) is 19.5 Å². The maximum atomic E-state index is 10.8. The summed E-state index contributed by atoms with van der Waals surface area (Å²) in [6, 6.07) is 3.05. The number of nitriles is 1. The highest BCUT2D eigenvalue weighted by Crippen LogP contribution is 2.22. The minimum atomic E-state index is -0.541. The average molecular weight is 249 g/mol. The Morgan fingerprint density at radius 2 is 2.33 bits per heavy atom. The van der Waals surface area contributed by atoms with Gasteiger partial charge < -0.3 is 10.6 Å². The second kappa shape index (κ2) is 7.19. The van der Waals surface area contributed by atoms with E-state index in [-0.39, 0.29) is 17.1 Å². The third kappa shape index (κ3) is 3.99. The highest BCUT2D eigenvalue weighted by atomic mass is 16.6. The molecule has 1 heterocycles. The molecule has 0 amide bonds. The predicted octanol–water partition coefficient (Wildman–Crippen LogP) is 1.27. The monoisotopic (exact) mass is 249 g/mol. The Balaban J connectivity index is 2.65. The van der Waals surface area contributed by atoms with Gasteiger partial charge in [0, 0.05) is 18.8 Å². The van der Waals surface area contributed by atoms with Crippen molar-refractivity contribution in [3.8, 4) is 6.07 Å². The van der Waals surface area contributed by atoms with Gasteiger partial charge in [0.25, 0.3) is 0 Å². The molecule has 0 saturated carbocycles. The highest BCUT2D eigenvalue weighted by molar-refractivity contribution is 5.58. The number of pyridine rings is 1. The summed E-state index contributed by atoms with van der Waals surface area (Å²) < 4.78 is 0. The minimum Gasteiger partial charge on any atom is -0.364 e. The van der Waals surface area contributed by atoms with Crippen LogP contribution < -0.4 is 10.6 Å². The Labute approximate surface area is 105 Å². The lowest BCUT2D eigenvalue weighted by molar-refractivity contribution is -0.384. The number of nitrogens with one attached hydrogen (secondary N) is 2. The van der Waals surface area contributed by atoms with Crippen molar-refractivity contribution >= 4 is 11.5 Å². The molecule has 1 aromatic heterocycles. The SMILES string of the molecule is CCNCCCNc1ncc(C#N)cc1[N+](=O)[O-]. The van der Waals surface area contributed by atoms with Crippen LogP contribution >= 0.6 is 0 Å². The summed E-state index contributed by atoms with van der Waals surface area (Å²) in [5.74, 6) is 0.204. The molecule has 0 aliphatic rings. The normalized spacial score (nSPS) is 9.78. The maximum Gasteiger partial charge on any atom is 0.312 e. The molecule has 0 saturated heterocycles. The van der Waals surface area contributed by atoms with Gasteiger partial charge in [0.15, 0.2) is 0 Å². The van der Waals surface area contributed by atoms with E-state index < -0.39 is 4.92 Å². The molecule has 0 atom stereocenters. The van der Waals surface area contributed by atoms with Crippen LogP contribution in [0.1, 0.15) is 18.9 Å². The molecule has 0 spiro atoms. The molecule has 0 unspecified atom stereocenters. The van der Waals surface area contributed by atoms with E-state index >= 15 is 0 Å². The van der Waals surface area contributed by atoms with Gasteiger partial charge in [-0.2, -0.15) is 5.26 Å². The van der Waals surface area contributed by atoms with Crippen LogP contribution in [0.5, 0.6) is 0 Å². The van der Waals surface area contributed by atoms with Crippen molar-refractivity contribution in [1.29, 1.82) is 5.26 Å². The van der Waals surface area contributed by atoms with Crippen LogP contribution in [0, 0.1) is 21.4 Å². The van der Waals surface area contributed by atoms with Gasteiger partial charge in [0.1, 0.15) is 6.07 Å². The number of hydrogen-bond acceptors (Lipinski definition) is 6. The lowest BCUT2D eigenvalue weighted by atomic mass is 10.2. The van der Waals surface area contributed by atoms with Crippen LogP contribution in [0.4, 0.5) is 11.5 Å². The second-order valence-electron chi connectivity index (χ2n) is 3.59. The second-order valence-corrected chi connectivity index (χ2v) is 3.59. The van der Waals surface area contributed by atoms with Crippen LogP contribution in [-0.4, -0.2) is 29.5 Å². The zero-order valence-electron chi connectivity index (χ0n) is 10.1. The standard InChI is InChI=1S/C11H15N5O2/c1-2-13-4-3-5-14-11-10(16(17)18)6-9(7-12)8-15-11/h6,8,13H,2-5H2,1H3,(H,14,15). The van der Waals surface area contributed by atoms with E-state index in [1.54, 1.807) is 0 Å². The van der Waals surface area contributed by atoms with E-state index in [4.69, 9.17) is 5.26 Å². The van der Waals surface area contributed by atoms with Crippen LogP contribution in [0.15, 0.2) is 12.3 Å². The summed E-state index contributed by atoms with van der Waals surface area (Å²) >= 11 is 0. The summed E-state index contributed by atoms with van der Waals surface area (Å²) in [7, 11) is 0. The summed E-state index contributed by atoms with van der Waals surface area (Å²) in [5, 5.41) is 25.6. The van der Waals surface area contributed by atoms with Gasteiger partial charge in [-0.25, -0.2) is 4.98 Å². The fourth-order valence-corrected chi connectivity index (χ4v) is 1.39. The fourth-order valence-electron chi connectivity index (χ4n) is 1.39. The molecular formula is C11H15N5O2. The first-order chi connectivity index (χ1) is 8.69. The van der Waals surface area contributed by atoms with Gasteiger partial charge in [-0.05, 0) is 19.5 Å². The Hall–Kier alpha value is -2.20. The summed E-state index contributed by atoms with van der Waals surface area (Å²) in [5.41, 5.74) is 0.0115. The predicted molar refractivity (Wildman–Crippen MR) is 67.3 cm³/mol. The molecule has 0 bridgehead atoms. The lowest BCUT2D eigenvalue weighted by Crippen LogP contribution is -2.17. The van der Waals surface area contributed by atoms with Gasteiger partial charge in [0.2, 0.25) is 5.82 Å². The Kier molecular flexibility index (Phi) is 5.54. The molecule has 7 heteroatoms. The zero-order valence-corrected chi connectivity index (χ0v) is 10.1. The average Bonchev–Trinajstić information content (AvgIpc) is 2.38. The maximum absolute atomic E-state index is 10.8. The quantitative estimate of drug-likeness (QED) is 0.428. The molecule has 0 aromatic carbocycles. The first-order valence-electron chi connectivity index (χ1n) is 5.68. The number of rotatable bonds is 7. The van der Waals surface area contributed by atoms with E-state index in [1.807, 2.05) is 13.0 Å². The summed E-state index contributed by atoms with van der Waals surface area (Å²) in [4.78, 5) is 14.2. The van der Waals surface area contributed by atoms with E-state index in [9.17, 15) is 10.1 Å². The van der Waals surface area contributed by atoms with Crippen molar-refractivity contribution in [2.24, 2.45) is 0 Å². The molecule has 2 N–H and O–H groups in total. The Bertz CT molecular complexity index is 455. The molecule has 1 aromatic rings. The first-order valence-corrected chi connectivity index (χ1v) is 5.68. The number of hydrogen-bond donors (Lipinski definition) is 2. The van der Waals surface area contributed by atoms with E-state index in [1.165, 1.54) is 12.3 Å². The van der Waals surface area contributed by atoms with Gasteiger partial charge in [-0.15, -0.1) is 0 Å². The number of aromatic nitrogens is 1. The smallest absolute Gasteiger partial charge is 0.312 e. The van der Waals surface area contributed by atoms with Crippen molar-refractivity contribution in [1.82, 2.24) is 10.3 Å². The highest BCUT2D eigenvalue weighted by Gasteiger charge is 2.15. The Morgan fingerprint density at radius 3 is 2.94 bits per heavy atom. The van der Waals surface area contributed by atoms with Gasteiger partial charge in [-0.1, -0.05) is 6.92 Å². The third-order valence-corrected chi connectivity index (χ3v) is 2.27. The molecule has 0 aliphatic heterocycles. The topological polar surface area (TPSA) is 104 Å². The van der Waals surface area contributed by atoms with Crippen LogP contribution in [0.25, 0.3) is 0 Å². The molecule has 0 aliphatic carbocycles. The zero-order chi connectivity index (χ0) is 13.4. The van der Waals surface area contributed by atoms with Gasteiger partial charge >= 0.3 is 5.69 Å². The first kappa shape index (κ1) is 13.9. The van der Waals surface area contributed by atoms with Gasteiger partial charge in [0.05, 0.1) is 10.5 Å². The molecule has 0 fully saturated rings. The number of anilines is 1. The summed E-state index contributed by atoms with van der Waals surface area (Å²) in [6.07, 6.45) is 2.16. The molecule has 1 rings (SSSR count). The van der Waals surface area contributed by atoms with Crippen LogP contribution in [-0.2, 0) is 0 Å². The number of nitro groups is 1. The van der Waals surface area contributed by atoms with Crippen molar-refractivity contribution in [2.75, 3.05) is 25.0 Å². The lowest BCUT2D eigenvalue weighted by Gasteiger charge is -2.06.